The first-order chi connectivity index (χ1) is 21.4. The van der Waals surface area contributed by atoms with Crippen molar-refractivity contribution in [2.24, 2.45) is 20.0 Å². The third-order valence-electron chi connectivity index (χ3n) is 8.45. The number of nitrogens with zero attached hydrogens (tertiary/aromatic N) is 9. The predicted octanol–water partition coefficient (Wildman–Crippen LogP) is 6.21. The molecule has 5 aromatic heterocycles. The maximum Gasteiger partial charge on any atom is 0.248 e. The number of aromatic nitrogens is 9. The van der Waals surface area contributed by atoms with E-state index in [9.17, 15) is 8.78 Å². The molecule has 0 bridgehead atoms. The molecule has 1 aromatic carbocycles. The Balaban J connectivity index is 1.54. The van der Waals surface area contributed by atoms with Crippen LogP contribution in [0.4, 0.5) is 8.78 Å². The van der Waals surface area contributed by atoms with Gasteiger partial charge in [-0.25, -0.2) is 23.1 Å². The van der Waals surface area contributed by atoms with Crippen molar-refractivity contribution in [1.82, 2.24) is 44.5 Å². The zero-order valence-electron chi connectivity index (χ0n) is 26.5. The number of alkyl halides is 2. The molecule has 0 radical (unpaired) electrons. The molecule has 1 unspecified atom stereocenters. The standard InChI is InChI=1S/C31H31F2N9/c1-18-27(40(3)38-36-18)22-16-25-26(34-17-22)23-10-11-24(28-19(2)37-39-41(28)4)35-30(23)42(25)29(20-8-6-5-7-9-20)21-12-14-31(32,33)15-13-21/h5-11,16-17,21,29H,12-15H2,1-4H3/i2D3. The van der Waals surface area contributed by atoms with Crippen LogP contribution in [0.25, 0.3) is 44.7 Å². The zero-order valence-corrected chi connectivity index (χ0v) is 23.5. The molecule has 11 heteroatoms. The van der Waals surface area contributed by atoms with Crippen LogP contribution in [0.5, 0.6) is 0 Å². The van der Waals surface area contributed by atoms with Crippen molar-refractivity contribution in [1.29, 1.82) is 0 Å². The highest BCUT2D eigenvalue weighted by Crippen LogP contribution is 2.46. The quantitative estimate of drug-likeness (QED) is 0.245. The molecule has 9 nitrogen and oxygen atoms in total. The van der Waals surface area contributed by atoms with Gasteiger partial charge in [0, 0.05) is 48.2 Å². The third kappa shape index (κ3) is 4.26. The number of pyridine rings is 2. The fraction of sp³-hybridized carbons (Fsp3) is 0.355. The van der Waals surface area contributed by atoms with E-state index in [1.807, 2.05) is 56.4 Å². The van der Waals surface area contributed by atoms with Crippen molar-refractivity contribution in [3.05, 3.63) is 71.7 Å². The monoisotopic (exact) mass is 570 g/mol. The second kappa shape index (κ2) is 9.78. The van der Waals surface area contributed by atoms with Crippen LogP contribution >= 0.6 is 0 Å². The van der Waals surface area contributed by atoms with Crippen molar-refractivity contribution >= 4 is 22.1 Å². The molecule has 1 aliphatic carbocycles. The van der Waals surface area contributed by atoms with Gasteiger partial charge in [-0.3, -0.25) is 4.98 Å². The van der Waals surface area contributed by atoms with Gasteiger partial charge in [0.05, 0.1) is 39.9 Å². The molecule has 5 heterocycles. The van der Waals surface area contributed by atoms with Gasteiger partial charge in [0.15, 0.2) is 0 Å². The molecular weight excluding hydrogens is 536 g/mol. The molecular formula is C31H31F2N9. The largest absolute Gasteiger partial charge is 0.316 e. The number of benzene rings is 1. The maximum atomic E-state index is 14.5. The maximum absolute atomic E-state index is 14.5. The van der Waals surface area contributed by atoms with Crippen molar-refractivity contribution in [3.8, 4) is 22.6 Å². The normalized spacial score (nSPS) is 17.8. The number of hydrogen-bond donors (Lipinski definition) is 0. The van der Waals surface area contributed by atoms with Crippen LogP contribution < -0.4 is 0 Å². The van der Waals surface area contributed by atoms with Gasteiger partial charge < -0.3 is 4.57 Å². The molecule has 0 N–H and O–H groups in total. The van der Waals surface area contributed by atoms with Crippen molar-refractivity contribution in [3.63, 3.8) is 0 Å². The highest BCUT2D eigenvalue weighted by molar-refractivity contribution is 6.06. The summed E-state index contributed by atoms with van der Waals surface area (Å²) in [6.45, 7) is -0.617. The summed E-state index contributed by atoms with van der Waals surface area (Å²) in [6, 6.07) is 15.2. The van der Waals surface area contributed by atoms with E-state index in [1.165, 1.54) is 4.68 Å². The summed E-state index contributed by atoms with van der Waals surface area (Å²) in [5.74, 6) is -2.81. The Morgan fingerprint density at radius 3 is 2.36 bits per heavy atom. The Morgan fingerprint density at radius 2 is 1.67 bits per heavy atom. The topological polar surface area (TPSA) is 92.1 Å². The molecule has 6 aromatic rings. The van der Waals surface area contributed by atoms with Gasteiger partial charge in [-0.1, -0.05) is 40.8 Å². The summed E-state index contributed by atoms with van der Waals surface area (Å²) in [7, 11) is 3.45. The number of rotatable bonds is 5. The van der Waals surface area contributed by atoms with E-state index in [4.69, 9.17) is 14.1 Å². The Hall–Kier alpha value is -4.54. The first-order valence-electron chi connectivity index (χ1n) is 15.4. The van der Waals surface area contributed by atoms with E-state index in [2.05, 4.69) is 25.2 Å². The Bertz CT molecular complexity index is 2020. The van der Waals surface area contributed by atoms with Gasteiger partial charge in [0.25, 0.3) is 0 Å². The van der Waals surface area contributed by atoms with Crippen molar-refractivity contribution in [2.75, 3.05) is 0 Å². The van der Waals surface area contributed by atoms with Crippen LogP contribution in [0.3, 0.4) is 0 Å². The second-order valence-corrected chi connectivity index (χ2v) is 11.1. The minimum atomic E-state index is -2.69. The number of aryl methyl sites for hydroxylation is 4. The van der Waals surface area contributed by atoms with E-state index < -0.39 is 12.8 Å². The van der Waals surface area contributed by atoms with Gasteiger partial charge in [0.1, 0.15) is 11.3 Å². The van der Waals surface area contributed by atoms with E-state index in [-0.39, 0.29) is 36.2 Å². The number of hydrogen-bond acceptors (Lipinski definition) is 6. The van der Waals surface area contributed by atoms with Gasteiger partial charge in [-0.15, -0.1) is 10.2 Å². The number of halogens is 2. The summed E-state index contributed by atoms with van der Waals surface area (Å²) in [5, 5.41) is 17.1. The molecule has 1 atom stereocenters. The molecule has 0 spiro atoms. The summed E-state index contributed by atoms with van der Waals surface area (Å²) in [4.78, 5) is 9.99. The first-order valence-corrected chi connectivity index (χ1v) is 13.9. The van der Waals surface area contributed by atoms with Gasteiger partial charge in [-0.2, -0.15) is 0 Å². The lowest BCUT2D eigenvalue weighted by Gasteiger charge is -2.35. The van der Waals surface area contributed by atoms with Gasteiger partial charge in [-0.05, 0) is 56.3 Å². The lowest BCUT2D eigenvalue weighted by molar-refractivity contribution is -0.0493. The van der Waals surface area contributed by atoms with Gasteiger partial charge >= 0.3 is 0 Å². The van der Waals surface area contributed by atoms with Crippen LogP contribution in [0.2, 0.25) is 0 Å². The highest BCUT2D eigenvalue weighted by atomic mass is 19.3. The average molecular weight is 571 g/mol. The number of fused-ring (bicyclic) bond motifs is 3. The molecule has 214 valence electrons. The molecule has 7 rings (SSSR count). The predicted molar refractivity (Wildman–Crippen MR) is 156 cm³/mol. The Kier molecular flexibility index (Phi) is 5.37. The fourth-order valence-corrected chi connectivity index (χ4v) is 6.48. The van der Waals surface area contributed by atoms with Gasteiger partial charge in [0.2, 0.25) is 5.92 Å². The fourth-order valence-electron chi connectivity index (χ4n) is 6.48. The van der Waals surface area contributed by atoms with Crippen LogP contribution in [-0.2, 0) is 14.1 Å². The Labute approximate surface area is 245 Å². The van der Waals surface area contributed by atoms with Crippen LogP contribution in [-0.4, -0.2) is 50.4 Å². The van der Waals surface area contributed by atoms with Crippen LogP contribution in [0.1, 0.15) is 52.8 Å². The second-order valence-electron chi connectivity index (χ2n) is 11.1. The van der Waals surface area contributed by atoms with Crippen LogP contribution in [0, 0.1) is 19.7 Å². The lowest BCUT2D eigenvalue weighted by atomic mass is 9.79. The van der Waals surface area contributed by atoms with Crippen molar-refractivity contribution in [2.45, 2.75) is 51.4 Å². The molecule has 1 aliphatic rings. The molecule has 1 fully saturated rings. The molecule has 0 amide bonds. The first kappa shape index (κ1) is 23.1. The molecule has 1 saturated carbocycles. The minimum absolute atomic E-state index is 0.114. The smallest absolute Gasteiger partial charge is 0.248 e. The lowest BCUT2D eigenvalue weighted by Crippen LogP contribution is -2.30. The minimum Gasteiger partial charge on any atom is -0.316 e. The summed E-state index contributed by atoms with van der Waals surface area (Å²) >= 11 is 0. The zero-order chi connectivity index (χ0) is 31.7. The summed E-state index contributed by atoms with van der Waals surface area (Å²) in [6.07, 6.45) is 2.06. The van der Waals surface area contributed by atoms with Crippen LogP contribution in [0.15, 0.2) is 54.7 Å². The SMILES string of the molecule is [2H]C([2H])([2H])c1nnn(C)c1-c1ccc2c3ncc(-c4c(C)nnn4C)cc3n(C(c3ccccc3)C3CCC(F)(F)CC3)c2n1. The molecule has 0 saturated heterocycles. The Morgan fingerprint density at radius 1 is 0.952 bits per heavy atom. The van der Waals surface area contributed by atoms with E-state index in [0.29, 0.717) is 29.7 Å². The molecule has 42 heavy (non-hydrogen) atoms. The third-order valence-corrected chi connectivity index (χ3v) is 8.45. The summed E-state index contributed by atoms with van der Waals surface area (Å²) < 4.78 is 58.3. The van der Waals surface area contributed by atoms with E-state index in [1.54, 1.807) is 24.0 Å². The summed E-state index contributed by atoms with van der Waals surface area (Å²) in [5.41, 5.74) is 5.89. The average Bonchev–Trinajstić information content (AvgIpc) is 3.66. The molecule has 0 aliphatic heterocycles. The van der Waals surface area contributed by atoms with E-state index in [0.717, 1.165) is 33.4 Å². The highest BCUT2D eigenvalue weighted by Gasteiger charge is 2.39. The van der Waals surface area contributed by atoms with E-state index >= 15 is 0 Å². The van der Waals surface area contributed by atoms with Crippen molar-refractivity contribution < 1.29 is 12.9 Å².